The van der Waals surface area contributed by atoms with E-state index in [9.17, 15) is 4.79 Å². The van der Waals surface area contributed by atoms with Gasteiger partial charge in [0.15, 0.2) is 0 Å². The highest BCUT2D eigenvalue weighted by atomic mass is 35.5. The van der Waals surface area contributed by atoms with Gasteiger partial charge < -0.3 is 15.6 Å². The van der Waals surface area contributed by atoms with Crippen LogP contribution in [-0.4, -0.2) is 31.0 Å². The molecule has 4 nitrogen and oxygen atoms in total. The van der Waals surface area contributed by atoms with Gasteiger partial charge in [-0.15, -0.1) is 12.4 Å². The first-order valence-electron chi connectivity index (χ1n) is 7.67. The van der Waals surface area contributed by atoms with E-state index in [1.807, 2.05) is 14.0 Å². The van der Waals surface area contributed by atoms with Crippen LogP contribution in [0.4, 0.5) is 0 Å². The molecule has 1 unspecified atom stereocenters. The zero-order chi connectivity index (χ0) is 15.2. The fourth-order valence-electron chi connectivity index (χ4n) is 2.67. The molecule has 0 fully saturated rings. The number of fused-ring (bicyclic) bond motifs is 1. The van der Waals surface area contributed by atoms with Crippen molar-refractivity contribution < 1.29 is 4.79 Å². The summed E-state index contributed by atoms with van der Waals surface area (Å²) in [7, 11) is 1.86. The van der Waals surface area contributed by atoms with Crippen LogP contribution < -0.4 is 10.6 Å². The van der Waals surface area contributed by atoms with Crippen LogP contribution in [-0.2, 0) is 17.6 Å². The van der Waals surface area contributed by atoms with Gasteiger partial charge in [-0.1, -0.05) is 32.0 Å². The Balaban J connectivity index is 0.00000242. The quantitative estimate of drug-likeness (QED) is 0.733. The molecule has 0 spiro atoms. The van der Waals surface area contributed by atoms with E-state index in [0.717, 1.165) is 12.8 Å². The van der Waals surface area contributed by atoms with E-state index in [4.69, 9.17) is 0 Å². The Bertz CT molecular complexity index is 609. The smallest absolute Gasteiger partial charge is 0.224 e. The van der Waals surface area contributed by atoms with Gasteiger partial charge in [0.1, 0.15) is 0 Å². The number of aromatic amines is 1. The number of aromatic nitrogens is 1. The normalized spacial score (nSPS) is 12.0. The second kappa shape index (κ2) is 8.81. The lowest BCUT2D eigenvalue weighted by atomic mass is 10.1. The fourth-order valence-corrected chi connectivity index (χ4v) is 2.67. The molecule has 5 heteroatoms. The summed E-state index contributed by atoms with van der Waals surface area (Å²) in [5.74, 6) is 0.114. The van der Waals surface area contributed by atoms with Gasteiger partial charge in [-0.2, -0.15) is 0 Å². The molecule has 0 aliphatic rings. The molecule has 22 heavy (non-hydrogen) atoms. The third-order valence-electron chi connectivity index (χ3n) is 3.92. The number of hydrogen-bond acceptors (Lipinski definition) is 2. The number of amides is 1. The van der Waals surface area contributed by atoms with Gasteiger partial charge >= 0.3 is 0 Å². The van der Waals surface area contributed by atoms with Gasteiger partial charge in [0.25, 0.3) is 0 Å². The molecule has 3 N–H and O–H groups in total. The average molecular weight is 324 g/mol. The van der Waals surface area contributed by atoms with E-state index in [1.54, 1.807) is 0 Å². The number of carbonyl (C=O) groups excluding carboxylic acids is 1. The first-order chi connectivity index (χ1) is 10.2. The van der Waals surface area contributed by atoms with E-state index in [2.05, 4.69) is 46.9 Å². The number of aryl methyl sites for hydroxylation is 1. The first-order valence-corrected chi connectivity index (χ1v) is 7.67. The minimum Gasteiger partial charge on any atom is -0.361 e. The Morgan fingerprint density at radius 1 is 1.32 bits per heavy atom. The lowest BCUT2D eigenvalue weighted by molar-refractivity contribution is -0.124. The number of nitrogens with one attached hydrogen (secondary N) is 3. The zero-order valence-electron chi connectivity index (χ0n) is 13.5. The van der Waals surface area contributed by atoms with Crippen LogP contribution in [0.2, 0.25) is 0 Å². The van der Waals surface area contributed by atoms with Crippen LogP contribution in [0.1, 0.15) is 25.0 Å². The third kappa shape index (κ3) is 4.24. The number of carbonyl (C=O) groups is 1. The molecule has 1 aromatic carbocycles. The van der Waals surface area contributed by atoms with Crippen molar-refractivity contribution in [3.63, 3.8) is 0 Å². The van der Waals surface area contributed by atoms with Crippen molar-refractivity contribution in [3.05, 3.63) is 35.5 Å². The molecule has 0 saturated carbocycles. The molecule has 1 amide bonds. The molecular weight excluding hydrogens is 298 g/mol. The maximum atomic E-state index is 11.9. The van der Waals surface area contributed by atoms with Crippen LogP contribution in [0.3, 0.4) is 0 Å². The number of H-pyrrole nitrogens is 1. The summed E-state index contributed by atoms with van der Waals surface area (Å²) in [6, 6.07) is 6.40. The standard InChI is InChI=1S/C17H25N3O.ClH/c1-4-13-6-5-7-15-14(11-20-16(13)15)8-9-19-17(21)12(2)10-18-3;/h5-7,11-12,18,20H,4,8-10H2,1-3H3,(H,19,21);1H. The topological polar surface area (TPSA) is 56.9 Å². The molecule has 0 bridgehead atoms. The molecule has 0 aliphatic carbocycles. The Kier molecular flexibility index (Phi) is 7.42. The SMILES string of the molecule is CCc1cccc2c(CCNC(=O)C(C)CNC)c[nH]c12.Cl. The summed E-state index contributed by atoms with van der Waals surface area (Å²) < 4.78 is 0. The van der Waals surface area contributed by atoms with Gasteiger partial charge in [-0.05, 0) is 31.0 Å². The third-order valence-corrected chi connectivity index (χ3v) is 3.92. The lowest BCUT2D eigenvalue weighted by Gasteiger charge is -2.11. The molecule has 0 aliphatic heterocycles. The second-order valence-corrected chi connectivity index (χ2v) is 5.51. The Morgan fingerprint density at radius 3 is 2.77 bits per heavy atom. The first kappa shape index (κ1) is 18.5. The summed E-state index contributed by atoms with van der Waals surface area (Å²) in [6.07, 6.45) is 3.94. The molecule has 0 radical (unpaired) electrons. The number of rotatable bonds is 7. The lowest BCUT2D eigenvalue weighted by Crippen LogP contribution is -2.35. The van der Waals surface area contributed by atoms with Gasteiger partial charge in [0, 0.05) is 36.1 Å². The fraction of sp³-hybridized carbons (Fsp3) is 0.471. The summed E-state index contributed by atoms with van der Waals surface area (Å²) in [6.45, 7) is 5.48. The van der Waals surface area contributed by atoms with E-state index < -0.39 is 0 Å². The van der Waals surface area contributed by atoms with Crippen molar-refractivity contribution in [2.24, 2.45) is 5.92 Å². The molecule has 1 atom stereocenters. The van der Waals surface area contributed by atoms with Gasteiger partial charge in [-0.3, -0.25) is 4.79 Å². The maximum Gasteiger partial charge on any atom is 0.224 e. The summed E-state index contributed by atoms with van der Waals surface area (Å²) in [5, 5.41) is 7.30. The van der Waals surface area contributed by atoms with E-state index in [0.29, 0.717) is 13.1 Å². The van der Waals surface area contributed by atoms with E-state index in [-0.39, 0.29) is 24.2 Å². The largest absolute Gasteiger partial charge is 0.361 e. The van der Waals surface area contributed by atoms with Gasteiger partial charge in [0.05, 0.1) is 0 Å². The van der Waals surface area contributed by atoms with Crippen molar-refractivity contribution in [3.8, 4) is 0 Å². The van der Waals surface area contributed by atoms with Crippen molar-refractivity contribution in [1.29, 1.82) is 0 Å². The predicted molar refractivity (Wildman–Crippen MR) is 94.7 cm³/mol. The summed E-state index contributed by atoms with van der Waals surface area (Å²) in [4.78, 5) is 15.2. The Labute approximate surface area is 138 Å². The highest BCUT2D eigenvalue weighted by Crippen LogP contribution is 2.22. The summed E-state index contributed by atoms with van der Waals surface area (Å²) in [5.41, 5.74) is 3.83. The second-order valence-electron chi connectivity index (χ2n) is 5.51. The van der Waals surface area contributed by atoms with Crippen LogP contribution in [0.25, 0.3) is 10.9 Å². The molecule has 1 heterocycles. The molecule has 2 aromatic rings. The Hall–Kier alpha value is -1.52. The highest BCUT2D eigenvalue weighted by Gasteiger charge is 2.11. The van der Waals surface area contributed by atoms with Crippen LogP contribution >= 0.6 is 12.4 Å². The molecule has 1 aromatic heterocycles. The number of hydrogen-bond donors (Lipinski definition) is 3. The van der Waals surface area contributed by atoms with E-state index >= 15 is 0 Å². The van der Waals surface area contributed by atoms with Crippen LogP contribution in [0.15, 0.2) is 24.4 Å². The van der Waals surface area contributed by atoms with Crippen molar-refractivity contribution >= 4 is 29.2 Å². The highest BCUT2D eigenvalue weighted by molar-refractivity contribution is 5.86. The summed E-state index contributed by atoms with van der Waals surface area (Å²) >= 11 is 0. The van der Waals surface area contributed by atoms with Gasteiger partial charge in [-0.25, -0.2) is 0 Å². The molecule has 122 valence electrons. The predicted octanol–water partition coefficient (Wildman–Crippen LogP) is 2.67. The van der Waals surface area contributed by atoms with E-state index in [1.165, 1.54) is 22.0 Å². The molecule has 2 rings (SSSR count). The van der Waals surface area contributed by atoms with Crippen LogP contribution in [0.5, 0.6) is 0 Å². The molecular formula is C17H26ClN3O. The monoisotopic (exact) mass is 323 g/mol. The van der Waals surface area contributed by atoms with Crippen molar-refractivity contribution in [2.75, 3.05) is 20.1 Å². The molecule has 0 saturated heterocycles. The number of benzene rings is 1. The maximum absolute atomic E-state index is 11.9. The number of halogens is 1. The Morgan fingerprint density at radius 2 is 2.09 bits per heavy atom. The van der Waals surface area contributed by atoms with Crippen molar-refractivity contribution in [2.45, 2.75) is 26.7 Å². The number of para-hydroxylation sites is 1. The van der Waals surface area contributed by atoms with Gasteiger partial charge in [0.2, 0.25) is 5.91 Å². The van der Waals surface area contributed by atoms with Crippen LogP contribution in [0, 0.1) is 5.92 Å². The average Bonchev–Trinajstić information content (AvgIpc) is 2.90. The van der Waals surface area contributed by atoms with Crippen molar-refractivity contribution in [1.82, 2.24) is 15.6 Å². The minimum atomic E-state index is 0. The zero-order valence-corrected chi connectivity index (χ0v) is 14.3. The minimum absolute atomic E-state index is 0.